The average Bonchev–Trinajstić information content (AvgIpc) is 0.669. The molecule has 2 aliphatic heterocycles. The number of hydrogen-bond acceptors (Lipinski definition) is 5. The van der Waals surface area contributed by atoms with E-state index in [0.717, 1.165) is 156 Å². The van der Waals surface area contributed by atoms with Gasteiger partial charge in [0.1, 0.15) is 0 Å². The highest BCUT2D eigenvalue weighted by Gasteiger charge is 2.47. The first kappa shape index (κ1) is 72.0. The van der Waals surface area contributed by atoms with Crippen LogP contribution in [0.5, 0.6) is 0 Å². The van der Waals surface area contributed by atoms with Gasteiger partial charge in [0.2, 0.25) is 0 Å². The van der Waals surface area contributed by atoms with Crippen LogP contribution in [0.4, 0.5) is 34.1 Å². The van der Waals surface area contributed by atoms with Crippen molar-refractivity contribution in [2.75, 3.05) is 9.80 Å². The van der Waals surface area contributed by atoms with Crippen LogP contribution in [0.2, 0.25) is 0 Å². The van der Waals surface area contributed by atoms with Crippen LogP contribution in [-0.4, -0.2) is 21.7 Å². The fourth-order valence-electron chi connectivity index (χ4n) is 21.2. The van der Waals surface area contributed by atoms with Gasteiger partial charge in [-0.3, -0.25) is 0 Å². The molecule has 5 nitrogen and oxygen atoms in total. The van der Waals surface area contributed by atoms with Gasteiger partial charge in [0, 0.05) is 61.6 Å². The second kappa shape index (κ2) is 29.0. The number of aromatic nitrogens is 3. The first-order valence-corrected chi connectivity index (χ1v) is 43.8. The Morgan fingerprint density at radius 1 is 0.165 bits per heavy atom. The molecule has 0 aliphatic carbocycles. The van der Waals surface area contributed by atoms with Crippen molar-refractivity contribution in [3.8, 4) is 123 Å². The molecule has 23 aromatic carbocycles. The maximum atomic E-state index is 6.10. The van der Waals surface area contributed by atoms with Crippen molar-refractivity contribution in [3.63, 3.8) is 0 Å². The minimum absolute atomic E-state index is 0.409. The normalized spacial score (nSPS) is 12.4. The van der Waals surface area contributed by atoms with Crippen LogP contribution in [0.1, 0.15) is 0 Å². The number of anilines is 6. The zero-order valence-corrected chi connectivity index (χ0v) is 69.0. The lowest BCUT2D eigenvalue weighted by Gasteiger charge is -2.45. The van der Waals surface area contributed by atoms with Crippen LogP contribution in [-0.2, 0) is 0 Å². The van der Waals surface area contributed by atoms with Gasteiger partial charge in [0.15, 0.2) is 17.5 Å². The molecule has 0 N–H and O–H groups in total. The summed E-state index contributed by atoms with van der Waals surface area (Å²) in [5.41, 5.74) is 29.6. The third-order valence-electron chi connectivity index (χ3n) is 26.8. The number of rotatable bonds is 13. The smallest absolute Gasteiger partial charge is 0.252 e. The highest BCUT2D eigenvalue weighted by atomic mass is 15.2. The van der Waals surface area contributed by atoms with Crippen LogP contribution in [0.25, 0.3) is 209 Å². The Bertz CT molecular complexity index is 7810. The maximum absolute atomic E-state index is 6.10. The van der Waals surface area contributed by atoms with E-state index in [1.54, 1.807) is 0 Å². The molecule has 0 saturated heterocycles. The molecule has 2 aliphatic rings. The summed E-state index contributed by atoms with van der Waals surface area (Å²) >= 11 is 0. The highest BCUT2D eigenvalue weighted by molar-refractivity contribution is 7.01. The van der Waals surface area contributed by atoms with Gasteiger partial charge in [0.05, 0.1) is 0 Å². The Labute approximate surface area is 735 Å². The van der Waals surface area contributed by atoms with E-state index in [-0.39, 0.29) is 0 Å². The SMILES string of the molecule is c1ccc(-c2cc(-c3ccccc3)cc(-c3nc(-c4cc(-c5ccccc5)cc(-c5ccccc5)c4)nc(-c4cc5c6c(c4)N(c4cc(-c7ccccc7)cc(-c7ccccc7)c4)c4c(cc7c8cccc9cccc(c%10cccc4c%107)c98)B6c4cc6c7cccc8cccc(c9cccc(c4N5c4cc(-c5ccccc5)cc(-c5ccccc5)c4)c96)c87)n3)c2)cc1. The van der Waals surface area contributed by atoms with Gasteiger partial charge < -0.3 is 9.80 Å². The molecule has 0 atom stereocenters. The molecule has 0 saturated carbocycles. The summed E-state index contributed by atoms with van der Waals surface area (Å²) in [6, 6.07) is 167. The van der Waals surface area contributed by atoms with E-state index in [0.29, 0.717) is 17.5 Å². The molecule has 0 fully saturated rings. The van der Waals surface area contributed by atoms with E-state index < -0.39 is 6.71 Å². The summed E-state index contributed by atoms with van der Waals surface area (Å²) < 4.78 is 0. The lowest BCUT2D eigenvalue weighted by Crippen LogP contribution is -2.61. The van der Waals surface area contributed by atoms with E-state index >= 15 is 0 Å². The topological polar surface area (TPSA) is 45.2 Å². The van der Waals surface area contributed by atoms with Crippen LogP contribution in [0, 0.1) is 0 Å². The monoisotopic (exact) mass is 1610 g/mol. The maximum Gasteiger partial charge on any atom is 0.252 e. The molecule has 0 amide bonds. The van der Waals surface area contributed by atoms with Gasteiger partial charge in [-0.2, -0.15) is 0 Å². The van der Waals surface area contributed by atoms with Crippen molar-refractivity contribution in [2.24, 2.45) is 0 Å². The molecule has 0 unspecified atom stereocenters. The van der Waals surface area contributed by atoms with Gasteiger partial charge in [-0.15, -0.1) is 0 Å². The Morgan fingerprint density at radius 3 is 0.661 bits per heavy atom. The summed E-state index contributed by atoms with van der Waals surface area (Å²) in [7, 11) is 0. The highest BCUT2D eigenvalue weighted by Crippen LogP contribution is 2.55. The van der Waals surface area contributed by atoms with Crippen molar-refractivity contribution in [1.29, 1.82) is 0 Å². The van der Waals surface area contributed by atoms with Crippen molar-refractivity contribution < 1.29 is 0 Å². The zero-order chi connectivity index (χ0) is 83.3. The summed E-state index contributed by atoms with van der Waals surface area (Å²) in [4.78, 5) is 23.4. The molecule has 0 bridgehead atoms. The fraction of sp³-hybridized carbons (Fsp3) is 0. The van der Waals surface area contributed by atoms with Gasteiger partial charge in [-0.25, -0.2) is 15.0 Å². The van der Waals surface area contributed by atoms with Crippen molar-refractivity contribution in [2.45, 2.75) is 0 Å². The van der Waals surface area contributed by atoms with Crippen molar-refractivity contribution >= 4 is 143 Å². The molecule has 0 radical (unpaired) electrons. The molecule has 3 heterocycles. The first-order chi connectivity index (χ1) is 62.9. The predicted octanol–water partition coefficient (Wildman–Crippen LogP) is 30.4. The van der Waals surface area contributed by atoms with Crippen LogP contribution in [0.15, 0.2) is 449 Å². The Balaban J connectivity index is 0.860. The predicted molar refractivity (Wildman–Crippen MR) is 536 cm³/mol. The molecule has 1 aromatic heterocycles. The standard InChI is InChI=1S/C121H74BN5/c1-9-31-75(32-10-1)85-59-86(76-33-11-2-12-34-76)64-93(63-85)119-123-120(94-65-87(77-35-13-3-14-36-77)60-88(66-94)78-37-15-4-16-38-78)125-121(124-119)95-71-110-116-111(72-95)127(97-69-91(81-43-21-7-22-44-81)62-92(70-97)82-45-23-8-24-46-82)118-105-58-30-56-101-99-52-26-48-84-50-28-54-103(113(84)99)107(115(101)105)74-109(118)122(116)108-73-106-102-53-27-49-83-47-25-51-98(112(83)102)100-55-29-57-104(114(100)106)117(108)126(110)96-67-89(79-39-17-5-18-40-79)61-90(68-96)80-41-19-6-20-42-80/h1-74H. The van der Waals surface area contributed by atoms with Gasteiger partial charge >= 0.3 is 0 Å². The Hall–Kier alpha value is -16.7. The largest absolute Gasteiger partial charge is 0.311 e. The number of hydrogen-bond donors (Lipinski definition) is 0. The summed E-state index contributed by atoms with van der Waals surface area (Å²) in [5.74, 6) is 1.58. The van der Waals surface area contributed by atoms with Gasteiger partial charge in [0.25, 0.3) is 6.71 Å². The van der Waals surface area contributed by atoms with E-state index in [2.05, 4.69) is 459 Å². The lowest BCUT2D eigenvalue weighted by molar-refractivity contribution is 1.07. The minimum atomic E-state index is -0.409. The van der Waals surface area contributed by atoms with Crippen LogP contribution < -0.4 is 26.2 Å². The van der Waals surface area contributed by atoms with Crippen LogP contribution in [0.3, 0.4) is 0 Å². The number of benzene rings is 23. The average molecular weight is 1610 g/mol. The Morgan fingerprint density at radius 2 is 0.386 bits per heavy atom. The van der Waals surface area contributed by atoms with E-state index in [4.69, 9.17) is 15.0 Å². The second-order valence-corrected chi connectivity index (χ2v) is 34.0. The number of fused-ring (bicyclic) bond motifs is 10. The van der Waals surface area contributed by atoms with Crippen molar-refractivity contribution in [3.05, 3.63) is 449 Å². The fourth-order valence-corrected chi connectivity index (χ4v) is 21.2. The quantitative estimate of drug-likeness (QED) is 0.0654. The minimum Gasteiger partial charge on any atom is -0.311 e. The van der Waals surface area contributed by atoms with Gasteiger partial charge in [-0.05, 0) is 266 Å². The lowest BCUT2D eigenvalue weighted by atomic mass is 9.33. The molecule has 24 aromatic rings. The van der Waals surface area contributed by atoms with Crippen LogP contribution >= 0.6 is 0 Å². The third-order valence-corrected chi connectivity index (χ3v) is 26.8. The zero-order valence-electron chi connectivity index (χ0n) is 69.0. The van der Waals surface area contributed by atoms with E-state index in [1.165, 1.54) is 86.3 Å². The Kier molecular flexibility index (Phi) is 16.4. The molecule has 6 heteroatoms. The molecular formula is C121H74BN5. The first-order valence-electron chi connectivity index (χ1n) is 43.8. The summed E-state index contributed by atoms with van der Waals surface area (Å²) in [6.07, 6.45) is 0. The molecule has 586 valence electrons. The third kappa shape index (κ3) is 11.8. The second-order valence-electron chi connectivity index (χ2n) is 34.0. The van der Waals surface area contributed by atoms with E-state index in [9.17, 15) is 0 Å². The summed E-state index contributed by atoms with van der Waals surface area (Å²) in [6.45, 7) is -0.409. The summed E-state index contributed by atoms with van der Waals surface area (Å²) in [5, 5.41) is 19.5. The molecule has 127 heavy (non-hydrogen) atoms. The van der Waals surface area contributed by atoms with Gasteiger partial charge in [-0.1, -0.05) is 364 Å². The van der Waals surface area contributed by atoms with Crippen molar-refractivity contribution in [1.82, 2.24) is 15.0 Å². The number of nitrogens with zero attached hydrogens (tertiary/aromatic N) is 5. The molecule has 0 spiro atoms. The van der Waals surface area contributed by atoms with E-state index in [1.807, 2.05) is 0 Å². The molecular weight excluding hydrogens is 1530 g/mol. The molecule has 26 rings (SSSR count).